The van der Waals surface area contributed by atoms with E-state index in [0.717, 1.165) is 19.3 Å². The van der Waals surface area contributed by atoms with Gasteiger partial charge in [0.25, 0.3) is 0 Å². The van der Waals surface area contributed by atoms with Crippen LogP contribution in [-0.2, 0) is 4.79 Å². The van der Waals surface area contributed by atoms with Crippen molar-refractivity contribution in [2.24, 2.45) is 17.6 Å². The fourth-order valence-corrected chi connectivity index (χ4v) is 1.85. The highest BCUT2D eigenvalue weighted by atomic mass is 16.2. The van der Waals surface area contributed by atoms with Crippen LogP contribution in [0.5, 0.6) is 0 Å². The second-order valence-electron chi connectivity index (χ2n) is 5.25. The Morgan fingerprint density at radius 1 is 1.56 bits per heavy atom. The molecule has 16 heavy (non-hydrogen) atoms. The zero-order valence-corrected chi connectivity index (χ0v) is 10.6. The zero-order chi connectivity index (χ0) is 12.2. The maximum absolute atomic E-state index is 12.1. The van der Waals surface area contributed by atoms with Crippen molar-refractivity contribution in [1.29, 1.82) is 0 Å². The fourth-order valence-electron chi connectivity index (χ4n) is 1.85. The standard InChI is InChI=1S/C13H24N2O/c1-10(2)13(3,9-14)15-12(16)11-7-5-4-6-8-11/h4-5,10-11H,6-9,14H2,1-3H3,(H,15,16). The Hall–Kier alpha value is -0.830. The number of amides is 1. The van der Waals surface area contributed by atoms with Gasteiger partial charge in [-0.1, -0.05) is 26.0 Å². The summed E-state index contributed by atoms with van der Waals surface area (Å²) in [6.45, 7) is 6.69. The number of rotatable bonds is 4. The normalized spacial score (nSPS) is 24.2. The summed E-state index contributed by atoms with van der Waals surface area (Å²) in [6, 6.07) is 0. The molecule has 3 nitrogen and oxygen atoms in total. The maximum Gasteiger partial charge on any atom is 0.223 e. The lowest BCUT2D eigenvalue weighted by Crippen LogP contribution is -2.56. The summed E-state index contributed by atoms with van der Waals surface area (Å²) < 4.78 is 0. The Morgan fingerprint density at radius 3 is 2.69 bits per heavy atom. The minimum absolute atomic E-state index is 0.134. The van der Waals surface area contributed by atoms with Gasteiger partial charge in [0.2, 0.25) is 5.91 Å². The quantitative estimate of drug-likeness (QED) is 0.716. The van der Waals surface area contributed by atoms with E-state index in [1.807, 2.05) is 6.92 Å². The van der Waals surface area contributed by atoms with Crippen molar-refractivity contribution in [3.8, 4) is 0 Å². The van der Waals surface area contributed by atoms with Crippen LogP contribution in [0.1, 0.15) is 40.0 Å². The zero-order valence-electron chi connectivity index (χ0n) is 10.6. The van der Waals surface area contributed by atoms with Crippen LogP contribution < -0.4 is 11.1 Å². The maximum atomic E-state index is 12.1. The first-order chi connectivity index (χ1) is 7.49. The molecule has 1 amide bonds. The van der Waals surface area contributed by atoms with Gasteiger partial charge >= 0.3 is 0 Å². The molecule has 92 valence electrons. The molecule has 0 fully saturated rings. The van der Waals surface area contributed by atoms with Crippen molar-refractivity contribution in [3.63, 3.8) is 0 Å². The minimum Gasteiger partial charge on any atom is -0.349 e. The van der Waals surface area contributed by atoms with Gasteiger partial charge in [0.05, 0.1) is 5.54 Å². The lowest BCUT2D eigenvalue weighted by atomic mass is 9.86. The first kappa shape index (κ1) is 13.2. The highest BCUT2D eigenvalue weighted by Crippen LogP contribution is 2.21. The van der Waals surface area contributed by atoms with Crippen LogP contribution in [0.25, 0.3) is 0 Å². The number of hydrogen-bond donors (Lipinski definition) is 2. The van der Waals surface area contributed by atoms with Crippen molar-refractivity contribution in [1.82, 2.24) is 5.32 Å². The Bertz CT molecular complexity index is 273. The molecule has 0 radical (unpaired) electrons. The molecular weight excluding hydrogens is 200 g/mol. The van der Waals surface area contributed by atoms with Crippen molar-refractivity contribution in [2.75, 3.05) is 6.54 Å². The van der Waals surface area contributed by atoms with Crippen LogP contribution in [0.3, 0.4) is 0 Å². The molecule has 0 saturated carbocycles. The van der Waals surface area contributed by atoms with Crippen LogP contribution in [-0.4, -0.2) is 18.0 Å². The molecular formula is C13H24N2O. The second-order valence-corrected chi connectivity index (χ2v) is 5.25. The van der Waals surface area contributed by atoms with Crippen LogP contribution in [0.4, 0.5) is 0 Å². The molecule has 3 N–H and O–H groups in total. The van der Waals surface area contributed by atoms with E-state index in [0.29, 0.717) is 12.5 Å². The SMILES string of the molecule is CC(C)C(C)(CN)NC(=O)C1CC=CCC1. The van der Waals surface area contributed by atoms with Crippen LogP contribution in [0, 0.1) is 11.8 Å². The average Bonchev–Trinajstić information content (AvgIpc) is 2.29. The Kier molecular flexibility index (Phi) is 4.54. The van der Waals surface area contributed by atoms with E-state index < -0.39 is 0 Å². The largest absolute Gasteiger partial charge is 0.349 e. The van der Waals surface area contributed by atoms with Crippen molar-refractivity contribution < 1.29 is 4.79 Å². The minimum atomic E-state index is -0.280. The number of allylic oxidation sites excluding steroid dienone is 2. The molecule has 0 aromatic rings. The van der Waals surface area contributed by atoms with E-state index in [9.17, 15) is 4.79 Å². The van der Waals surface area contributed by atoms with Crippen LogP contribution in [0.15, 0.2) is 12.2 Å². The van der Waals surface area contributed by atoms with Gasteiger partial charge in [-0.15, -0.1) is 0 Å². The van der Waals surface area contributed by atoms with Crippen LogP contribution >= 0.6 is 0 Å². The van der Waals surface area contributed by atoms with E-state index in [1.54, 1.807) is 0 Å². The third-order valence-corrected chi connectivity index (χ3v) is 3.75. The summed E-state index contributed by atoms with van der Waals surface area (Å²) in [7, 11) is 0. The fraction of sp³-hybridized carbons (Fsp3) is 0.769. The van der Waals surface area contributed by atoms with Gasteiger partial charge in [0.15, 0.2) is 0 Å². The third kappa shape index (κ3) is 3.08. The van der Waals surface area contributed by atoms with Gasteiger partial charge < -0.3 is 11.1 Å². The van der Waals surface area contributed by atoms with Crippen molar-refractivity contribution in [3.05, 3.63) is 12.2 Å². The molecule has 2 atom stereocenters. The lowest BCUT2D eigenvalue weighted by molar-refractivity contribution is -0.127. The number of hydrogen-bond acceptors (Lipinski definition) is 2. The number of carbonyl (C=O) groups is 1. The van der Waals surface area contributed by atoms with E-state index in [4.69, 9.17) is 5.73 Å². The molecule has 0 aromatic heterocycles. The molecule has 1 aliphatic rings. The summed E-state index contributed by atoms with van der Waals surface area (Å²) in [5, 5.41) is 3.11. The monoisotopic (exact) mass is 224 g/mol. The Balaban J connectivity index is 2.58. The van der Waals surface area contributed by atoms with E-state index in [-0.39, 0.29) is 17.4 Å². The third-order valence-electron chi connectivity index (χ3n) is 3.75. The molecule has 2 unspecified atom stereocenters. The topological polar surface area (TPSA) is 55.1 Å². The van der Waals surface area contributed by atoms with E-state index in [2.05, 4.69) is 31.3 Å². The van der Waals surface area contributed by atoms with Gasteiger partial charge in [0, 0.05) is 12.5 Å². The summed E-state index contributed by atoms with van der Waals surface area (Å²) in [5.74, 6) is 0.640. The van der Waals surface area contributed by atoms with Gasteiger partial charge in [-0.2, -0.15) is 0 Å². The summed E-state index contributed by atoms with van der Waals surface area (Å²) in [6.07, 6.45) is 7.09. The molecule has 1 rings (SSSR count). The molecule has 3 heteroatoms. The van der Waals surface area contributed by atoms with Gasteiger partial charge in [-0.3, -0.25) is 4.79 Å². The van der Waals surface area contributed by atoms with E-state index >= 15 is 0 Å². The average molecular weight is 224 g/mol. The number of nitrogens with two attached hydrogens (primary N) is 1. The highest BCUT2D eigenvalue weighted by molar-refractivity contribution is 5.79. The van der Waals surface area contributed by atoms with Crippen molar-refractivity contribution in [2.45, 2.75) is 45.6 Å². The highest BCUT2D eigenvalue weighted by Gasteiger charge is 2.31. The molecule has 0 bridgehead atoms. The smallest absolute Gasteiger partial charge is 0.223 e. The first-order valence-electron chi connectivity index (χ1n) is 6.16. The molecule has 0 spiro atoms. The molecule has 0 aromatic carbocycles. The summed E-state index contributed by atoms with van der Waals surface area (Å²) in [4.78, 5) is 12.1. The lowest BCUT2D eigenvalue weighted by Gasteiger charge is -2.35. The first-order valence-corrected chi connectivity index (χ1v) is 6.16. The summed E-state index contributed by atoms with van der Waals surface area (Å²) >= 11 is 0. The number of carbonyl (C=O) groups excluding carboxylic acids is 1. The Morgan fingerprint density at radius 2 is 2.25 bits per heavy atom. The van der Waals surface area contributed by atoms with Crippen molar-refractivity contribution >= 4 is 5.91 Å². The van der Waals surface area contributed by atoms with Crippen LogP contribution in [0.2, 0.25) is 0 Å². The Labute approximate surface area is 98.5 Å². The van der Waals surface area contributed by atoms with Gasteiger partial charge in [-0.25, -0.2) is 0 Å². The predicted octanol–water partition coefficient (Wildman–Crippen LogP) is 1.83. The predicted molar refractivity (Wildman–Crippen MR) is 66.9 cm³/mol. The van der Waals surface area contributed by atoms with Gasteiger partial charge in [0.1, 0.15) is 0 Å². The molecule has 1 aliphatic carbocycles. The second kappa shape index (κ2) is 5.48. The van der Waals surface area contributed by atoms with Gasteiger partial charge in [-0.05, 0) is 32.1 Å². The van der Waals surface area contributed by atoms with E-state index in [1.165, 1.54) is 0 Å². The molecule has 0 aliphatic heterocycles. The number of nitrogens with one attached hydrogen (secondary N) is 1. The summed E-state index contributed by atoms with van der Waals surface area (Å²) in [5.41, 5.74) is 5.48. The molecule has 0 heterocycles. The molecule has 0 saturated heterocycles.